The number of alkyl halides is 3. The molecule has 1 aliphatic heterocycles. The molecular weight excluding hydrogens is 431 g/mol. The van der Waals surface area contributed by atoms with E-state index in [1.807, 2.05) is 11.0 Å². The van der Waals surface area contributed by atoms with Crippen LogP contribution < -0.4 is 10.2 Å². The Morgan fingerprint density at radius 3 is 2.45 bits per heavy atom. The number of nitrogens with zero attached hydrogens (tertiary/aromatic N) is 4. The van der Waals surface area contributed by atoms with Crippen LogP contribution in [0.15, 0.2) is 42.0 Å². The quantitative estimate of drug-likeness (QED) is 0.644. The fourth-order valence-corrected chi connectivity index (χ4v) is 4.04. The van der Waals surface area contributed by atoms with Gasteiger partial charge in [-0.2, -0.15) is 18.4 Å². The molecule has 0 radical (unpaired) electrons. The molecule has 0 unspecified atom stereocenters. The van der Waals surface area contributed by atoms with Gasteiger partial charge in [0.05, 0.1) is 17.2 Å². The topological polar surface area (TPSA) is 81.9 Å². The van der Waals surface area contributed by atoms with E-state index in [2.05, 4.69) is 15.5 Å². The van der Waals surface area contributed by atoms with Crippen molar-refractivity contribution >= 4 is 17.3 Å². The van der Waals surface area contributed by atoms with Crippen molar-refractivity contribution in [2.24, 2.45) is 5.92 Å². The Morgan fingerprint density at radius 1 is 1.12 bits per heavy atom. The minimum Gasteiger partial charge on any atom is -0.354 e. The van der Waals surface area contributed by atoms with E-state index in [4.69, 9.17) is 0 Å². The Hall–Kier alpha value is -3.41. The number of hydrogen-bond donors (Lipinski definition) is 1. The minimum absolute atomic E-state index is 0.0761. The van der Waals surface area contributed by atoms with Crippen LogP contribution in [-0.4, -0.2) is 35.7 Å². The van der Waals surface area contributed by atoms with Crippen molar-refractivity contribution in [1.82, 2.24) is 15.5 Å². The van der Waals surface area contributed by atoms with Gasteiger partial charge in [-0.15, -0.1) is 10.2 Å². The van der Waals surface area contributed by atoms with Crippen molar-refractivity contribution in [2.45, 2.75) is 38.3 Å². The summed E-state index contributed by atoms with van der Waals surface area (Å²) in [5.41, 5.74) is 0.167. The molecule has 33 heavy (non-hydrogen) atoms. The van der Waals surface area contributed by atoms with Gasteiger partial charge in [0.2, 0.25) is 0 Å². The summed E-state index contributed by atoms with van der Waals surface area (Å²) in [6.07, 6.45) is -0.176. The van der Waals surface area contributed by atoms with Gasteiger partial charge in [0.25, 0.3) is 5.91 Å². The summed E-state index contributed by atoms with van der Waals surface area (Å²) in [5, 5.41) is 20.7. The molecule has 1 saturated heterocycles. The first kappa shape index (κ1) is 22.8. The molecule has 0 atom stereocenters. The molecule has 1 N–H and O–H groups in total. The van der Waals surface area contributed by atoms with Crippen LogP contribution in [0.1, 0.15) is 53.7 Å². The Balaban J connectivity index is 1.41. The summed E-state index contributed by atoms with van der Waals surface area (Å²) in [6, 6.07) is 10.5. The van der Waals surface area contributed by atoms with Gasteiger partial charge in [-0.3, -0.25) is 4.79 Å². The number of piperidine rings is 1. The lowest BCUT2D eigenvalue weighted by Crippen LogP contribution is -2.32. The second-order valence-corrected chi connectivity index (χ2v) is 8.39. The van der Waals surface area contributed by atoms with Gasteiger partial charge in [0, 0.05) is 25.2 Å². The molecule has 0 spiro atoms. The van der Waals surface area contributed by atoms with Crippen LogP contribution in [0.3, 0.4) is 0 Å². The van der Waals surface area contributed by atoms with Crippen LogP contribution in [0.4, 0.5) is 19.0 Å². The SMILES string of the molecule is N#CC(=C1CCN(c2ccc(C(=O)NCCC3CC3)nn2)CC1)c1ccccc1C(F)(F)F. The monoisotopic (exact) mass is 455 g/mol. The summed E-state index contributed by atoms with van der Waals surface area (Å²) in [7, 11) is 0. The molecule has 2 fully saturated rings. The fraction of sp³-hybridized carbons (Fsp3) is 0.417. The minimum atomic E-state index is -4.53. The average molecular weight is 455 g/mol. The normalized spacial score (nSPS) is 16.3. The zero-order chi connectivity index (χ0) is 23.4. The second-order valence-electron chi connectivity index (χ2n) is 8.39. The van der Waals surface area contributed by atoms with Crippen molar-refractivity contribution in [2.75, 3.05) is 24.5 Å². The van der Waals surface area contributed by atoms with Crippen molar-refractivity contribution < 1.29 is 18.0 Å². The van der Waals surface area contributed by atoms with E-state index in [1.54, 1.807) is 12.1 Å². The standard InChI is InChI=1S/C24H24F3N5O/c25-24(26,27)20-4-2-1-3-18(20)19(15-28)17-10-13-32(14-11-17)22-8-7-21(30-31-22)23(33)29-12-9-16-5-6-16/h1-4,7-8,16H,5-6,9-14H2,(H,29,33). The Morgan fingerprint density at radius 2 is 1.85 bits per heavy atom. The molecule has 0 bridgehead atoms. The van der Waals surface area contributed by atoms with Crippen molar-refractivity contribution in [3.05, 3.63) is 58.8 Å². The zero-order valence-electron chi connectivity index (χ0n) is 18.0. The van der Waals surface area contributed by atoms with Gasteiger partial charge in [-0.05, 0) is 49.0 Å². The van der Waals surface area contributed by atoms with Gasteiger partial charge in [0.1, 0.15) is 0 Å². The maximum absolute atomic E-state index is 13.4. The number of anilines is 1. The van der Waals surface area contributed by atoms with Gasteiger partial charge >= 0.3 is 6.18 Å². The number of rotatable bonds is 6. The lowest BCUT2D eigenvalue weighted by atomic mass is 9.91. The van der Waals surface area contributed by atoms with E-state index < -0.39 is 11.7 Å². The number of benzene rings is 1. The highest BCUT2D eigenvalue weighted by molar-refractivity contribution is 5.92. The highest BCUT2D eigenvalue weighted by Crippen LogP contribution is 2.37. The number of carbonyl (C=O) groups excluding carboxylic acids is 1. The second kappa shape index (κ2) is 9.61. The third-order valence-corrected chi connectivity index (χ3v) is 6.08. The lowest BCUT2D eigenvalue weighted by molar-refractivity contribution is -0.137. The van der Waals surface area contributed by atoms with E-state index in [0.29, 0.717) is 43.9 Å². The number of aromatic nitrogens is 2. The largest absolute Gasteiger partial charge is 0.417 e. The molecule has 1 aromatic carbocycles. The Kier molecular flexibility index (Phi) is 6.63. The molecule has 6 nitrogen and oxygen atoms in total. The summed E-state index contributed by atoms with van der Waals surface area (Å²) >= 11 is 0. The van der Waals surface area contributed by atoms with Gasteiger partial charge in [-0.25, -0.2) is 0 Å². The molecule has 1 aromatic heterocycles. The predicted octanol–water partition coefficient (Wildman–Crippen LogP) is 4.60. The summed E-state index contributed by atoms with van der Waals surface area (Å²) < 4.78 is 40.2. The lowest BCUT2D eigenvalue weighted by Gasteiger charge is -2.30. The van der Waals surface area contributed by atoms with E-state index in [0.717, 1.165) is 18.4 Å². The molecule has 2 heterocycles. The van der Waals surface area contributed by atoms with Crippen LogP contribution in [-0.2, 0) is 6.18 Å². The number of carbonyl (C=O) groups is 1. The van der Waals surface area contributed by atoms with E-state index in [-0.39, 0.29) is 22.7 Å². The Labute approximate surface area is 190 Å². The maximum atomic E-state index is 13.4. The Bertz CT molecular complexity index is 1070. The van der Waals surface area contributed by atoms with Crippen molar-refractivity contribution in [3.63, 3.8) is 0 Å². The molecule has 1 saturated carbocycles. The van der Waals surface area contributed by atoms with Gasteiger partial charge in [-0.1, -0.05) is 31.0 Å². The first-order chi connectivity index (χ1) is 15.9. The molecule has 9 heteroatoms. The van der Waals surface area contributed by atoms with E-state index in [1.165, 1.54) is 31.0 Å². The van der Waals surface area contributed by atoms with Crippen molar-refractivity contribution in [3.8, 4) is 6.07 Å². The number of allylic oxidation sites excluding steroid dienone is 1. The summed E-state index contributed by atoms with van der Waals surface area (Å²) in [5.74, 6) is 1.08. The van der Waals surface area contributed by atoms with Crippen LogP contribution in [0, 0.1) is 17.2 Å². The molecular formula is C24H24F3N5O. The van der Waals surface area contributed by atoms with Gasteiger partial charge < -0.3 is 10.2 Å². The third kappa shape index (κ3) is 5.51. The van der Waals surface area contributed by atoms with Gasteiger partial charge in [0.15, 0.2) is 11.5 Å². The van der Waals surface area contributed by atoms with E-state index in [9.17, 15) is 23.2 Å². The van der Waals surface area contributed by atoms with Crippen LogP contribution in [0.25, 0.3) is 5.57 Å². The summed E-state index contributed by atoms with van der Waals surface area (Å²) in [4.78, 5) is 14.1. The smallest absolute Gasteiger partial charge is 0.354 e. The van der Waals surface area contributed by atoms with Crippen LogP contribution in [0.5, 0.6) is 0 Å². The summed E-state index contributed by atoms with van der Waals surface area (Å²) in [6.45, 7) is 1.62. The third-order valence-electron chi connectivity index (χ3n) is 6.08. The number of nitrogens with one attached hydrogen (secondary N) is 1. The van der Waals surface area contributed by atoms with Crippen LogP contribution in [0.2, 0.25) is 0 Å². The fourth-order valence-electron chi connectivity index (χ4n) is 4.04. The first-order valence-corrected chi connectivity index (χ1v) is 11.0. The highest BCUT2D eigenvalue weighted by Gasteiger charge is 2.34. The number of halogens is 3. The predicted molar refractivity (Wildman–Crippen MR) is 117 cm³/mol. The number of nitriles is 1. The zero-order valence-corrected chi connectivity index (χ0v) is 18.0. The first-order valence-electron chi connectivity index (χ1n) is 11.0. The molecule has 2 aromatic rings. The number of amides is 1. The molecule has 2 aliphatic rings. The number of hydrogen-bond acceptors (Lipinski definition) is 5. The molecule has 172 valence electrons. The maximum Gasteiger partial charge on any atom is 0.417 e. The van der Waals surface area contributed by atoms with Crippen molar-refractivity contribution in [1.29, 1.82) is 5.26 Å². The average Bonchev–Trinajstić information content (AvgIpc) is 3.64. The molecule has 1 amide bonds. The highest BCUT2D eigenvalue weighted by atomic mass is 19.4. The molecule has 4 rings (SSSR count). The molecule has 1 aliphatic carbocycles. The van der Waals surface area contributed by atoms with E-state index >= 15 is 0 Å². The van der Waals surface area contributed by atoms with Crippen LogP contribution >= 0.6 is 0 Å².